The van der Waals surface area contributed by atoms with Gasteiger partial charge in [0.2, 0.25) is 5.91 Å². The molecule has 0 aliphatic carbocycles. The van der Waals surface area contributed by atoms with E-state index < -0.39 is 48.3 Å². The summed E-state index contributed by atoms with van der Waals surface area (Å²) in [5.74, 6) is -1.30. The molecule has 4 unspecified atom stereocenters. The Morgan fingerprint density at radius 1 is 1.18 bits per heavy atom. The van der Waals surface area contributed by atoms with Crippen LogP contribution < -0.4 is 10.6 Å². The van der Waals surface area contributed by atoms with E-state index in [0.717, 1.165) is 17.0 Å². The number of halogens is 1. The molecule has 14 heteroatoms. The molecule has 3 amide bonds. The van der Waals surface area contributed by atoms with Crippen molar-refractivity contribution in [2.24, 2.45) is 0 Å². The average Bonchev–Trinajstić information content (AvgIpc) is 3.76. The summed E-state index contributed by atoms with van der Waals surface area (Å²) in [5.41, 5.74) is 0.601. The van der Waals surface area contributed by atoms with Crippen molar-refractivity contribution in [3.63, 3.8) is 0 Å². The van der Waals surface area contributed by atoms with E-state index in [1.807, 2.05) is 24.3 Å². The number of anilines is 1. The van der Waals surface area contributed by atoms with Crippen LogP contribution in [0.3, 0.4) is 0 Å². The van der Waals surface area contributed by atoms with Crippen LogP contribution in [0.25, 0.3) is 10.8 Å². The topological polar surface area (TPSA) is 173 Å². The lowest BCUT2D eigenvalue weighted by Gasteiger charge is -2.25. The minimum absolute atomic E-state index is 0.00612. The van der Waals surface area contributed by atoms with E-state index in [1.165, 1.54) is 17.1 Å². The van der Waals surface area contributed by atoms with Crippen molar-refractivity contribution < 1.29 is 42.6 Å². The Morgan fingerprint density at radius 2 is 2.00 bits per heavy atom. The second kappa shape index (κ2) is 17.3. The highest BCUT2D eigenvalue weighted by atomic mass is 19.1. The maximum absolute atomic E-state index is 14.8. The van der Waals surface area contributed by atoms with E-state index >= 15 is 0 Å². The number of cyclic esters (lactones) is 1. The molecule has 1 aromatic carbocycles. The van der Waals surface area contributed by atoms with E-state index in [9.17, 15) is 28.7 Å². The Bertz CT molecular complexity index is 1770. The molecule has 2 aliphatic heterocycles. The first-order valence-electron chi connectivity index (χ1n) is 16.5. The number of pyridine rings is 1. The molecule has 2 bridgehead atoms. The molecule has 264 valence electrons. The molecule has 2 aliphatic rings. The number of amides is 3. The van der Waals surface area contributed by atoms with Crippen LogP contribution in [0.15, 0.2) is 83.2 Å². The number of ether oxygens (including phenoxy) is 2. The summed E-state index contributed by atoms with van der Waals surface area (Å²) in [4.78, 5) is 61.5. The fourth-order valence-electron chi connectivity index (χ4n) is 5.70. The van der Waals surface area contributed by atoms with Gasteiger partial charge >= 0.3 is 12.1 Å². The summed E-state index contributed by atoms with van der Waals surface area (Å²) < 4.78 is 31.3. The predicted octanol–water partition coefficient (Wildman–Crippen LogP) is 4.59. The van der Waals surface area contributed by atoms with Gasteiger partial charge in [0.25, 0.3) is 5.91 Å². The van der Waals surface area contributed by atoms with Crippen LogP contribution in [0, 0.1) is 0 Å². The fourth-order valence-corrected chi connectivity index (χ4v) is 5.70. The van der Waals surface area contributed by atoms with Gasteiger partial charge in [0.05, 0.1) is 19.1 Å². The van der Waals surface area contributed by atoms with Crippen molar-refractivity contribution in [3.05, 3.63) is 90.3 Å². The molecule has 13 nitrogen and oxygen atoms in total. The predicted molar refractivity (Wildman–Crippen MR) is 181 cm³/mol. The first-order valence-corrected chi connectivity index (χ1v) is 16.5. The molecule has 50 heavy (non-hydrogen) atoms. The normalized spacial score (nSPS) is 23.4. The quantitative estimate of drug-likeness (QED) is 0.329. The number of allylic oxidation sites excluding steroid dienone is 2. The minimum atomic E-state index is -1.50. The number of nitrogens with one attached hydrogen (secondary N) is 2. The first-order chi connectivity index (χ1) is 24.1. The molecule has 1 saturated heterocycles. The molecule has 2 aromatic heterocycles. The second-order valence-corrected chi connectivity index (χ2v) is 12.1. The summed E-state index contributed by atoms with van der Waals surface area (Å²) in [6, 6.07) is 8.38. The van der Waals surface area contributed by atoms with Gasteiger partial charge in [-0.2, -0.15) is 0 Å². The standard InChI is InChI=1S/C36H40FN5O8/c1-23-7-5-14-38-32(44)12-4-10-28(13-16-48-36(47)41-31-18-24-8-2-3-9-25(24)21-39-31)50-35(46)30-11-6-15-42(30)34(45)29-22-49-33(40-29)20-26(37)19-27(43)17-23/h2-5,7-9,12,17-18,21-22,26-28,30,43H,6,10-11,13-16,19-20H2,1H3,(H,38,44)(H,39,41,47)/b7-5?,12-4+,23-17?. The average molecular weight is 690 g/mol. The number of carbonyl (C=O) groups excluding carboxylic acids is 4. The van der Waals surface area contributed by atoms with Crippen LogP contribution in [0.1, 0.15) is 55.4 Å². The van der Waals surface area contributed by atoms with E-state index in [4.69, 9.17) is 13.9 Å². The number of carbonyl (C=O) groups is 4. The zero-order chi connectivity index (χ0) is 35.5. The third kappa shape index (κ3) is 10.3. The number of hydrogen-bond donors (Lipinski definition) is 3. The lowest BCUT2D eigenvalue weighted by atomic mass is 10.1. The zero-order valence-corrected chi connectivity index (χ0v) is 27.6. The number of aliphatic hydroxyl groups excluding tert-OH is 1. The molecule has 0 saturated carbocycles. The number of aliphatic hydroxyl groups is 1. The first kappa shape index (κ1) is 35.9. The van der Waals surface area contributed by atoms with Gasteiger partial charge in [-0.3, -0.25) is 14.9 Å². The highest BCUT2D eigenvalue weighted by Gasteiger charge is 2.38. The van der Waals surface area contributed by atoms with E-state index in [-0.39, 0.29) is 57.0 Å². The number of rotatable bonds is 4. The lowest BCUT2D eigenvalue weighted by molar-refractivity contribution is -0.154. The third-order valence-corrected chi connectivity index (χ3v) is 8.17. The number of alkyl halides is 1. The maximum Gasteiger partial charge on any atom is 0.412 e. The van der Waals surface area contributed by atoms with Gasteiger partial charge in [0.15, 0.2) is 11.6 Å². The Kier molecular flexibility index (Phi) is 12.5. The molecule has 0 radical (unpaired) electrons. The van der Waals surface area contributed by atoms with Crippen LogP contribution in [0.5, 0.6) is 0 Å². The Balaban J connectivity index is 1.26. The largest absolute Gasteiger partial charge is 0.460 e. The van der Waals surface area contributed by atoms with E-state index in [0.29, 0.717) is 24.2 Å². The lowest BCUT2D eigenvalue weighted by Crippen LogP contribution is -2.42. The highest BCUT2D eigenvalue weighted by Crippen LogP contribution is 2.24. The number of benzene rings is 1. The zero-order valence-electron chi connectivity index (χ0n) is 27.6. The third-order valence-electron chi connectivity index (χ3n) is 8.17. The Labute approximate surface area is 288 Å². The molecule has 1 fully saturated rings. The molecule has 5 rings (SSSR count). The monoisotopic (exact) mass is 689 g/mol. The molecule has 4 atom stereocenters. The van der Waals surface area contributed by atoms with Gasteiger partial charge in [0.1, 0.15) is 30.4 Å². The number of hydrogen-bond acceptors (Lipinski definition) is 10. The van der Waals surface area contributed by atoms with Crippen LogP contribution in [0.2, 0.25) is 0 Å². The van der Waals surface area contributed by atoms with Gasteiger partial charge in [-0.1, -0.05) is 54.1 Å². The Morgan fingerprint density at radius 3 is 2.84 bits per heavy atom. The van der Waals surface area contributed by atoms with Crippen LogP contribution in [-0.2, 0) is 25.5 Å². The number of fused-ring (bicyclic) bond motifs is 4. The van der Waals surface area contributed by atoms with Crippen molar-refractivity contribution in [1.29, 1.82) is 0 Å². The summed E-state index contributed by atoms with van der Waals surface area (Å²) in [6.45, 7) is 2.09. The van der Waals surface area contributed by atoms with Crippen LogP contribution >= 0.6 is 0 Å². The van der Waals surface area contributed by atoms with E-state index in [2.05, 4.69) is 20.6 Å². The summed E-state index contributed by atoms with van der Waals surface area (Å²) in [5, 5.41) is 17.4. The van der Waals surface area contributed by atoms with Crippen molar-refractivity contribution in [3.8, 4) is 0 Å². The number of esters is 1. The highest BCUT2D eigenvalue weighted by molar-refractivity contribution is 5.95. The van der Waals surface area contributed by atoms with Gasteiger partial charge in [-0.15, -0.1) is 0 Å². The minimum Gasteiger partial charge on any atom is -0.460 e. The van der Waals surface area contributed by atoms with Crippen molar-refractivity contribution >= 4 is 40.5 Å². The fraction of sp³-hybridized carbons (Fsp3) is 0.389. The molecular formula is C36H40FN5O8. The van der Waals surface area contributed by atoms with Crippen LogP contribution in [-0.4, -0.2) is 88.0 Å². The number of nitrogens with zero attached hydrogens (tertiary/aromatic N) is 3. The smallest absolute Gasteiger partial charge is 0.412 e. The SMILES string of the molecule is CC1=CC(O)CC(F)Cc2nc(co2)C(=O)N2CCCC2C(=O)OC(CCOC(=O)Nc2cc3ccccc3cn2)C/C=C/C(=O)NCC=C1. The van der Waals surface area contributed by atoms with Crippen LogP contribution in [0.4, 0.5) is 15.0 Å². The van der Waals surface area contributed by atoms with Gasteiger partial charge in [-0.05, 0) is 37.3 Å². The van der Waals surface area contributed by atoms with Gasteiger partial charge in [-0.25, -0.2) is 23.9 Å². The maximum atomic E-state index is 14.8. The molecule has 3 N–H and O–H groups in total. The number of oxazole rings is 1. The molecule has 0 spiro atoms. The van der Waals surface area contributed by atoms with E-state index in [1.54, 1.807) is 37.4 Å². The van der Waals surface area contributed by atoms with Gasteiger partial charge < -0.3 is 29.2 Å². The van der Waals surface area contributed by atoms with Crippen molar-refractivity contribution in [1.82, 2.24) is 20.2 Å². The number of aromatic nitrogens is 2. The summed E-state index contributed by atoms with van der Waals surface area (Å²) in [6.07, 6.45) is 7.06. The summed E-state index contributed by atoms with van der Waals surface area (Å²) in [7, 11) is 0. The Hall–Kier alpha value is -5.37. The molecule has 4 heterocycles. The molecular weight excluding hydrogens is 649 g/mol. The van der Waals surface area contributed by atoms with Crippen molar-refractivity contribution in [2.75, 3.05) is 25.0 Å². The molecule has 3 aromatic rings. The second-order valence-electron chi connectivity index (χ2n) is 12.1. The van der Waals surface area contributed by atoms with Crippen molar-refractivity contribution in [2.45, 2.75) is 69.9 Å². The van der Waals surface area contributed by atoms with Gasteiger partial charge in [0, 0.05) is 43.9 Å². The summed E-state index contributed by atoms with van der Waals surface area (Å²) >= 11 is 0.